The van der Waals surface area contributed by atoms with Gasteiger partial charge >= 0.3 is 0 Å². The second-order valence-corrected chi connectivity index (χ2v) is 4.73. The molecule has 1 aromatic rings. The van der Waals surface area contributed by atoms with Gasteiger partial charge in [-0.05, 0) is 17.9 Å². The number of non-ortho nitro benzene ring substituents is 1. The number of hydrogen-bond acceptors (Lipinski definition) is 3. The van der Waals surface area contributed by atoms with Gasteiger partial charge in [-0.3, -0.25) is 10.1 Å². The molecule has 112 valence electrons. The number of rotatable bonds is 6. The lowest BCUT2D eigenvalue weighted by atomic mass is 10.1. The Balaban J connectivity index is 0.00000361. The molecule has 0 amide bonds. The van der Waals surface area contributed by atoms with Crippen molar-refractivity contribution in [3.05, 3.63) is 39.9 Å². The minimum atomic E-state index is -0.422. The highest BCUT2D eigenvalue weighted by atomic mass is 127. The number of nitrogens with two attached hydrogens (primary N) is 1. The smallest absolute Gasteiger partial charge is 0.269 e. The standard InChI is InChI=1S/C13H20N4O2.HI/c1-10(2)7-8-15-13(14)16-9-11-3-5-12(6-4-11)17(18)19;/h3-6,10H,7-9H2,1-2H3,(H3,14,15,16);1H. The van der Waals surface area contributed by atoms with Crippen LogP contribution in [0.5, 0.6) is 0 Å². The monoisotopic (exact) mass is 392 g/mol. The summed E-state index contributed by atoms with van der Waals surface area (Å²) in [4.78, 5) is 14.3. The molecule has 0 saturated carbocycles. The summed E-state index contributed by atoms with van der Waals surface area (Å²) < 4.78 is 0. The minimum absolute atomic E-state index is 0. The van der Waals surface area contributed by atoms with Crippen LogP contribution in [0.15, 0.2) is 29.3 Å². The fourth-order valence-corrected chi connectivity index (χ4v) is 1.44. The topological polar surface area (TPSA) is 93.5 Å². The summed E-state index contributed by atoms with van der Waals surface area (Å²) in [5.74, 6) is 1.02. The van der Waals surface area contributed by atoms with Gasteiger partial charge in [-0.2, -0.15) is 0 Å². The summed E-state index contributed by atoms with van der Waals surface area (Å²) in [7, 11) is 0. The molecule has 0 spiro atoms. The van der Waals surface area contributed by atoms with E-state index >= 15 is 0 Å². The van der Waals surface area contributed by atoms with E-state index < -0.39 is 4.92 Å². The average Bonchev–Trinajstić information content (AvgIpc) is 2.36. The average molecular weight is 392 g/mol. The quantitative estimate of drug-likeness (QED) is 0.256. The van der Waals surface area contributed by atoms with Crippen molar-refractivity contribution >= 4 is 35.6 Å². The zero-order chi connectivity index (χ0) is 14.3. The van der Waals surface area contributed by atoms with Gasteiger partial charge in [0, 0.05) is 18.7 Å². The Bertz CT molecular complexity index is 446. The summed E-state index contributed by atoms with van der Waals surface area (Å²) in [6.45, 7) is 5.50. The Kier molecular flexibility index (Phi) is 8.86. The molecule has 0 aliphatic heterocycles. The van der Waals surface area contributed by atoms with Crippen LogP contribution < -0.4 is 11.1 Å². The van der Waals surface area contributed by atoms with Crippen LogP contribution in [0.1, 0.15) is 25.8 Å². The Morgan fingerprint density at radius 1 is 1.40 bits per heavy atom. The first-order valence-electron chi connectivity index (χ1n) is 6.26. The highest BCUT2D eigenvalue weighted by Crippen LogP contribution is 2.12. The van der Waals surface area contributed by atoms with E-state index in [-0.39, 0.29) is 29.7 Å². The van der Waals surface area contributed by atoms with Gasteiger partial charge in [0.05, 0.1) is 11.5 Å². The summed E-state index contributed by atoms with van der Waals surface area (Å²) in [5.41, 5.74) is 6.68. The molecule has 0 aromatic heterocycles. The molecule has 0 heterocycles. The van der Waals surface area contributed by atoms with Crippen molar-refractivity contribution in [2.45, 2.75) is 26.8 Å². The molecule has 1 rings (SSSR count). The van der Waals surface area contributed by atoms with Crippen molar-refractivity contribution in [1.82, 2.24) is 5.32 Å². The third-order valence-electron chi connectivity index (χ3n) is 2.61. The van der Waals surface area contributed by atoms with Gasteiger partial charge in [-0.15, -0.1) is 24.0 Å². The first-order valence-corrected chi connectivity index (χ1v) is 6.26. The lowest BCUT2D eigenvalue weighted by Crippen LogP contribution is -2.32. The molecule has 0 aliphatic rings. The highest BCUT2D eigenvalue weighted by molar-refractivity contribution is 14.0. The van der Waals surface area contributed by atoms with Crippen LogP contribution in [-0.4, -0.2) is 17.4 Å². The van der Waals surface area contributed by atoms with Crippen LogP contribution >= 0.6 is 24.0 Å². The van der Waals surface area contributed by atoms with E-state index in [1.54, 1.807) is 12.1 Å². The maximum atomic E-state index is 10.5. The first kappa shape index (κ1) is 18.6. The molecule has 6 nitrogen and oxygen atoms in total. The van der Waals surface area contributed by atoms with Crippen LogP contribution in [0, 0.1) is 16.0 Å². The molecule has 0 saturated heterocycles. The fraction of sp³-hybridized carbons (Fsp3) is 0.462. The van der Waals surface area contributed by atoms with Crippen molar-refractivity contribution in [3.8, 4) is 0 Å². The van der Waals surface area contributed by atoms with Gasteiger partial charge in [0.25, 0.3) is 5.69 Å². The summed E-state index contributed by atoms with van der Waals surface area (Å²) >= 11 is 0. The van der Waals surface area contributed by atoms with E-state index in [0.717, 1.165) is 18.5 Å². The number of aliphatic imine (C=N–C) groups is 1. The number of halogens is 1. The van der Waals surface area contributed by atoms with Crippen molar-refractivity contribution in [1.29, 1.82) is 0 Å². The summed E-state index contributed by atoms with van der Waals surface area (Å²) in [5, 5.41) is 13.5. The normalized spacial score (nSPS) is 11.1. The number of nitro groups is 1. The predicted octanol–water partition coefficient (Wildman–Crippen LogP) is 2.66. The first-order chi connectivity index (χ1) is 8.99. The predicted molar refractivity (Wildman–Crippen MR) is 91.3 cm³/mol. The molecule has 0 bridgehead atoms. The number of nitrogens with one attached hydrogen (secondary N) is 1. The van der Waals surface area contributed by atoms with Crippen molar-refractivity contribution < 1.29 is 4.92 Å². The largest absolute Gasteiger partial charge is 0.370 e. The molecular formula is C13H21IN4O2. The maximum absolute atomic E-state index is 10.5. The van der Waals surface area contributed by atoms with Gasteiger partial charge in [0.15, 0.2) is 5.96 Å². The zero-order valence-electron chi connectivity index (χ0n) is 11.7. The van der Waals surface area contributed by atoms with E-state index in [2.05, 4.69) is 24.2 Å². The van der Waals surface area contributed by atoms with Crippen LogP contribution in [-0.2, 0) is 6.54 Å². The molecule has 0 atom stereocenters. The summed E-state index contributed by atoms with van der Waals surface area (Å²) in [6.07, 6.45) is 1.04. The van der Waals surface area contributed by atoms with Gasteiger partial charge in [0.2, 0.25) is 0 Å². The Hall–Kier alpha value is -1.38. The Morgan fingerprint density at radius 3 is 2.50 bits per heavy atom. The second-order valence-electron chi connectivity index (χ2n) is 4.73. The Labute approximate surface area is 136 Å². The van der Waals surface area contributed by atoms with Gasteiger partial charge in [0.1, 0.15) is 0 Å². The Morgan fingerprint density at radius 2 is 2.00 bits per heavy atom. The molecule has 3 N–H and O–H groups in total. The van der Waals surface area contributed by atoms with E-state index in [1.165, 1.54) is 12.1 Å². The molecule has 1 aromatic carbocycles. The highest BCUT2D eigenvalue weighted by Gasteiger charge is 2.03. The molecule has 7 heteroatoms. The molecule has 0 fully saturated rings. The van der Waals surface area contributed by atoms with E-state index in [1.807, 2.05) is 0 Å². The number of guanidine groups is 1. The summed E-state index contributed by atoms with van der Waals surface area (Å²) in [6, 6.07) is 6.30. The van der Waals surface area contributed by atoms with Crippen LogP contribution in [0.25, 0.3) is 0 Å². The van der Waals surface area contributed by atoms with E-state index in [0.29, 0.717) is 18.4 Å². The van der Waals surface area contributed by atoms with Crippen LogP contribution in [0.4, 0.5) is 5.69 Å². The maximum Gasteiger partial charge on any atom is 0.269 e. The lowest BCUT2D eigenvalue weighted by Gasteiger charge is -2.07. The van der Waals surface area contributed by atoms with Crippen molar-refractivity contribution in [2.75, 3.05) is 6.54 Å². The molecule has 20 heavy (non-hydrogen) atoms. The zero-order valence-corrected chi connectivity index (χ0v) is 14.0. The molecule has 0 unspecified atom stereocenters. The SMILES string of the molecule is CC(C)CCNC(N)=NCc1ccc([N+](=O)[O-])cc1.I. The van der Waals surface area contributed by atoms with Crippen LogP contribution in [0.3, 0.4) is 0 Å². The minimum Gasteiger partial charge on any atom is -0.370 e. The van der Waals surface area contributed by atoms with Crippen molar-refractivity contribution in [3.63, 3.8) is 0 Å². The van der Waals surface area contributed by atoms with E-state index in [9.17, 15) is 10.1 Å². The number of hydrogen-bond donors (Lipinski definition) is 2. The molecule has 0 aliphatic carbocycles. The third-order valence-corrected chi connectivity index (χ3v) is 2.61. The second kappa shape index (κ2) is 9.51. The number of benzene rings is 1. The number of nitrogens with zero attached hydrogens (tertiary/aromatic N) is 2. The molecular weight excluding hydrogens is 371 g/mol. The van der Waals surface area contributed by atoms with Crippen LogP contribution in [0.2, 0.25) is 0 Å². The number of nitro benzene ring substituents is 1. The van der Waals surface area contributed by atoms with Gasteiger partial charge < -0.3 is 11.1 Å². The lowest BCUT2D eigenvalue weighted by molar-refractivity contribution is -0.384. The van der Waals surface area contributed by atoms with E-state index in [4.69, 9.17) is 5.73 Å². The van der Waals surface area contributed by atoms with Gasteiger partial charge in [-0.25, -0.2) is 4.99 Å². The van der Waals surface area contributed by atoms with Gasteiger partial charge in [-0.1, -0.05) is 26.0 Å². The third kappa shape index (κ3) is 7.27. The van der Waals surface area contributed by atoms with Crippen molar-refractivity contribution in [2.24, 2.45) is 16.6 Å². The molecule has 0 radical (unpaired) electrons. The fourth-order valence-electron chi connectivity index (χ4n) is 1.44.